The minimum Gasteiger partial charge on any atom is -0.493 e. The molecule has 1 rings (SSSR count). The zero-order chi connectivity index (χ0) is 12.3. The van der Waals surface area contributed by atoms with E-state index in [4.69, 9.17) is 15.2 Å². The molecule has 0 atom stereocenters. The van der Waals surface area contributed by atoms with E-state index in [1.165, 1.54) is 0 Å². The SMILES string of the molecule is COCCCSCCOc1ccc(CN)cc1. The standard InChI is InChI=1S/C13H21NO2S/c1-15-7-2-9-17-10-8-16-13-5-3-12(11-14)4-6-13/h3-6H,2,7-11,14H2,1H3. The Labute approximate surface area is 108 Å². The Bertz CT molecular complexity index is 290. The van der Waals surface area contributed by atoms with Gasteiger partial charge in [-0.1, -0.05) is 12.1 Å². The van der Waals surface area contributed by atoms with E-state index < -0.39 is 0 Å². The molecule has 2 N–H and O–H groups in total. The van der Waals surface area contributed by atoms with Crippen LogP contribution in [0, 0.1) is 0 Å². The van der Waals surface area contributed by atoms with Gasteiger partial charge in [0.1, 0.15) is 5.75 Å². The lowest BCUT2D eigenvalue weighted by molar-refractivity contribution is 0.200. The molecule has 3 nitrogen and oxygen atoms in total. The van der Waals surface area contributed by atoms with E-state index in [2.05, 4.69) is 0 Å². The van der Waals surface area contributed by atoms with Gasteiger partial charge < -0.3 is 15.2 Å². The van der Waals surface area contributed by atoms with Gasteiger partial charge >= 0.3 is 0 Å². The number of benzene rings is 1. The predicted octanol–water partition coefficient (Wildman–Crippen LogP) is 2.29. The fourth-order valence-corrected chi connectivity index (χ4v) is 2.07. The maximum atomic E-state index is 5.62. The quantitative estimate of drug-likeness (QED) is 0.688. The summed E-state index contributed by atoms with van der Waals surface area (Å²) in [7, 11) is 1.73. The molecule has 0 aliphatic rings. The normalized spacial score (nSPS) is 10.5. The third-order valence-electron chi connectivity index (χ3n) is 2.29. The van der Waals surface area contributed by atoms with Gasteiger partial charge in [0.25, 0.3) is 0 Å². The van der Waals surface area contributed by atoms with Crippen molar-refractivity contribution in [3.05, 3.63) is 29.8 Å². The van der Waals surface area contributed by atoms with E-state index in [0.717, 1.165) is 42.5 Å². The second kappa shape index (κ2) is 9.33. The summed E-state index contributed by atoms with van der Waals surface area (Å²) in [5.74, 6) is 3.06. The highest BCUT2D eigenvalue weighted by molar-refractivity contribution is 7.99. The molecule has 0 aliphatic heterocycles. The van der Waals surface area contributed by atoms with E-state index in [-0.39, 0.29) is 0 Å². The first-order valence-corrected chi connectivity index (χ1v) is 7.00. The summed E-state index contributed by atoms with van der Waals surface area (Å²) in [4.78, 5) is 0. The van der Waals surface area contributed by atoms with Gasteiger partial charge in [-0.25, -0.2) is 0 Å². The van der Waals surface area contributed by atoms with E-state index in [1.54, 1.807) is 7.11 Å². The van der Waals surface area contributed by atoms with E-state index in [1.807, 2.05) is 36.0 Å². The molecular weight excluding hydrogens is 234 g/mol. The Balaban J connectivity index is 2.05. The van der Waals surface area contributed by atoms with Crippen LogP contribution in [0.25, 0.3) is 0 Å². The van der Waals surface area contributed by atoms with Crippen molar-refractivity contribution in [3.8, 4) is 5.75 Å². The molecule has 1 aromatic rings. The summed E-state index contributed by atoms with van der Waals surface area (Å²) in [5, 5.41) is 0. The van der Waals surface area contributed by atoms with Gasteiger partial charge in [0.2, 0.25) is 0 Å². The van der Waals surface area contributed by atoms with Crippen molar-refractivity contribution in [2.45, 2.75) is 13.0 Å². The Kier molecular flexibility index (Phi) is 7.88. The Morgan fingerprint density at radius 2 is 1.88 bits per heavy atom. The molecule has 0 amide bonds. The number of ether oxygens (including phenoxy) is 2. The minimum atomic E-state index is 0.579. The maximum Gasteiger partial charge on any atom is 0.119 e. The first kappa shape index (κ1) is 14.4. The number of methoxy groups -OCH3 is 1. The summed E-state index contributed by atoms with van der Waals surface area (Å²) in [6.45, 7) is 2.17. The second-order valence-corrected chi connectivity index (χ2v) is 4.88. The fourth-order valence-electron chi connectivity index (χ4n) is 1.35. The van der Waals surface area contributed by atoms with Gasteiger partial charge in [0.15, 0.2) is 0 Å². The van der Waals surface area contributed by atoms with Crippen LogP contribution in [0.4, 0.5) is 0 Å². The average molecular weight is 255 g/mol. The van der Waals surface area contributed by atoms with Crippen LogP contribution >= 0.6 is 11.8 Å². The number of thioether (sulfide) groups is 1. The van der Waals surface area contributed by atoms with Crippen LogP contribution in [0.1, 0.15) is 12.0 Å². The molecule has 0 bridgehead atoms. The molecule has 0 spiro atoms. The molecule has 0 aliphatic carbocycles. The van der Waals surface area contributed by atoms with Crippen molar-refractivity contribution >= 4 is 11.8 Å². The van der Waals surface area contributed by atoms with Gasteiger partial charge in [-0.2, -0.15) is 11.8 Å². The van der Waals surface area contributed by atoms with Crippen molar-refractivity contribution < 1.29 is 9.47 Å². The van der Waals surface area contributed by atoms with Gasteiger partial charge in [0.05, 0.1) is 6.61 Å². The molecular formula is C13H21NO2S. The van der Waals surface area contributed by atoms with Crippen LogP contribution in [0.5, 0.6) is 5.75 Å². The fraction of sp³-hybridized carbons (Fsp3) is 0.538. The molecule has 0 unspecified atom stereocenters. The monoisotopic (exact) mass is 255 g/mol. The highest BCUT2D eigenvalue weighted by atomic mass is 32.2. The molecule has 0 heterocycles. The molecule has 96 valence electrons. The highest BCUT2D eigenvalue weighted by Crippen LogP contribution is 2.12. The van der Waals surface area contributed by atoms with E-state index in [0.29, 0.717) is 6.54 Å². The summed E-state index contributed by atoms with van der Waals surface area (Å²) in [6.07, 6.45) is 1.10. The van der Waals surface area contributed by atoms with Gasteiger partial charge in [0, 0.05) is 26.0 Å². The number of hydrogen-bond donors (Lipinski definition) is 1. The van der Waals surface area contributed by atoms with E-state index in [9.17, 15) is 0 Å². The molecule has 17 heavy (non-hydrogen) atoms. The molecule has 4 heteroatoms. The van der Waals surface area contributed by atoms with Gasteiger partial charge in [-0.05, 0) is 29.9 Å². The lowest BCUT2D eigenvalue weighted by Crippen LogP contribution is -2.02. The van der Waals surface area contributed by atoms with Crippen molar-refractivity contribution in [1.29, 1.82) is 0 Å². The van der Waals surface area contributed by atoms with Crippen LogP contribution < -0.4 is 10.5 Å². The van der Waals surface area contributed by atoms with Gasteiger partial charge in [-0.15, -0.1) is 0 Å². The molecule has 0 fully saturated rings. The lowest BCUT2D eigenvalue weighted by atomic mass is 10.2. The summed E-state index contributed by atoms with van der Waals surface area (Å²) in [5.41, 5.74) is 6.66. The second-order valence-electron chi connectivity index (χ2n) is 3.66. The first-order chi connectivity index (χ1) is 8.36. The third-order valence-corrected chi connectivity index (χ3v) is 3.33. The highest BCUT2D eigenvalue weighted by Gasteiger charge is 1.95. The van der Waals surface area contributed by atoms with E-state index >= 15 is 0 Å². The first-order valence-electron chi connectivity index (χ1n) is 5.85. The molecule has 1 aromatic carbocycles. The van der Waals surface area contributed by atoms with Crippen molar-refractivity contribution in [3.63, 3.8) is 0 Å². The van der Waals surface area contributed by atoms with Crippen molar-refractivity contribution in [1.82, 2.24) is 0 Å². The average Bonchev–Trinajstić information content (AvgIpc) is 2.38. The number of nitrogens with two attached hydrogens (primary N) is 1. The third kappa shape index (κ3) is 6.56. The van der Waals surface area contributed by atoms with Crippen LogP contribution in [-0.2, 0) is 11.3 Å². The zero-order valence-electron chi connectivity index (χ0n) is 10.4. The largest absolute Gasteiger partial charge is 0.493 e. The number of rotatable bonds is 9. The van der Waals surface area contributed by atoms with Crippen molar-refractivity contribution in [2.24, 2.45) is 5.73 Å². The van der Waals surface area contributed by atoms with Crippen LogP contribution in [0.2, 0.25) is 0 Å². The molecule has 0 saturated heterocycles. The van der Waals surface area contributed by atoms with Crippen LogP contribution in [-0.4, -0.2) is 31.8 Å². The zero-order valence-corrected chi connectivity index (χ0v) is 11.2. The smallest absolute Gasteiger partial charge is 0.119 e. The van der Waals surface area contributed by atoms with Crippen LogP contribution in [0.15, 0.2) is 24.3 Å². The Morgan fingerprint density at radius 3 is 2.53 bits per heavy atom. The Hall–Kier alpha value is -0.710. The minimum absolute atomic E-state index is 0.579. The Morgan fingerprint density at radius 1 is 1.12 bits per heavy atom. The maximum absolute atomic E-state index is 5.62. The topological polar surface area (TPSA) is 44.5 Å². The lowest BCUT2D eigenvalue weighted by Gasteiger charge is -2.06. The van der Waals surface area contributed by atoms with Gasteiger partial charge in [-0.3, -0.25) is 0 Å². The molecule has 0 saturated carbocycles. The van der Waals surface area contributed by atoms with Crippen LogP contribution in [0.3, 0.4) is 0 Å². The predicted molar refractivity (Wildman–Crippen MR) is 73.6 cm³/mol. The summed E-state index contributed by atoms with van der Waals surface area (Å²) >= 11 is 1.90. The van der Waals surface area contributed by atoms with Crippen molar-refractivity contribution in [2.75, 3.05) is 31.8 Å². The molecule has 0 aromatic heterocycles. The number of hydrogen-bond acceptors (Lipinski definition) is 4. The summed E-state index contributed by atoms with van der Waals surface area (Å²) in [6, 6.07) is 7.94. The summed E-state index contributed by atoms with van der Waals surface area (Å²) < 4.78 is 10.6. The molecule has 0 radical (unpaired) electrons.